The normalized spacial score (nSPS) is 15.4. The lowest BCUT2D eigenvalue weighted by atomic mass is 9.79. The van der Waals surface area contributed by atoms with Crippen molar-refractivity contribution in [2.45, 2.75) is 37.8 Å². The maximum absolute atomic E-state index is 12.4. The number of aliphatic carboxylic acids is 1. The Bertz CT molecular complexity index is 1220. The zero-order valence-electron chi connectivity index (χ0n) is 19.0. The molecule has 1 fully saturated rings. The molecule has 3 aromatic rings. The maximum Gasteiger partial charge on any atom is 0.407 e. The van der Waals surface area contributed by atoms with Crippen LogP contribution in [-0.2, 0) is 16.1 Å². The number of benzene rings is 2. The van der Waals surface area contributed by atoms with Gasteiger partial charge in [-0.3, -0.25) is 4.79 Å². The average molecular weight is 475 g/mol. The molecule has 0 aliphatic heterocycles. The highest BCUT2D eigenvalue weighted by atomic mass is 16.5. The van der Waals surface area contributed by atoms with Gasteiger partial charge in [-0.25, -0.2) is 9.59 Å². The highest BCUT2D eigenvalue weighted by molar-refractivity contribution is 5.94. The van der Waals surface area contributed by atoms with Crippen LogP contribution >= 0.6 is 0 Å². The third-order valence-corrected chi connectivity index (χ3v) is 6.81. The molecule has 1 atom stereocenters. The number of hydrogen-bond donors (Lipinski definition) is 3. The highest BCUT2D eigenvalue weighted by Crippen LogP contribution is 2.44. The van der Waals surface area contributed by atoms with E-state index < -0.39 is 24.0 Å². The van der Waals surface area contributed by atoms with E-state index >= 15 is 0 Å². The van der Waals surface area contributed by atoms with Crippen molar-refractivity contribution < 1.29 is 28.6 Å². The molecule has 2 aromatic carbocycles. The van der Waals surface area contributed by atoms with Crippen LogP contribution in [0.3, 0.4) is 0 Å². The van der Waals surface area contributed by atoms with Crippen LogP contribution in [-0.4, -0.2) is 35.7 Å². The Morgan fingerprint density at radius 1 is 0.971 bits per heavy atom. The van der Waals surface area contributed by atoms with Crippen molar-refractivity contribution in [2.75, 3.05) is 6.61 Å². The van der Waals surface area contributed by atoms with Gasteiger partial charge in [0.15, 0.2) is 5.76 Å². The molecule has 3 N–H and O–H groups in total. The quantitative estimate of drug-likeness (QED) is 0.448. The lowest BCUT2D eigenvalue weighted by Gasteiger charge is -2.31. The number of carboxylic acids is 1. The molecule has 2 aliphatic carbocycles. The van der Waals surface area contributed by atoms with Crippen molar-refractivity contribution in [3.63, 3.8) is 0 Å². The van der Waals surface area contributed by atoms with Gasteiger partial charge in [0.05, 0.1) is 6.54 Å². The minimum Gasteiger partial charge on any atom is -0.480 e. The fourth-order valence-corrected chi connectivity index (χ4v) is 4.77. The van der Waals surface area contributed by atoms with Gasteiger partial charge in [0.1, 0.15) is 18.4 Å². The van der Waals surface area contributed by atoms with Crippen LogP contribution in [0.25, 0.3) is 11.1 Å². The zero-order chi connectivity index (χ0) is 24.4. The second kappa shape index (κ2) is 9.66. The second-order valence-corrected chi connectivity index (χ2v) is 8.93. The molecule has 1 saturated carbocycles. The van der Waals surface area contributed by atoms with Gasteiger partial charge in [0.25, 0.3) is 5.91 Å². The van der Waals surface area contributed by atoms with E-state index in [0.717, 1.165) is 41.5 Å². The van der Waals surface area contributed by atoms with Crippen LogP contribution in [0.5, 0.6) is 0 Å². The van der Waals surface area contributed by atoms with Gasteiger partial charge in [-0.1, -0.05) is 55.0 Å². The van der Waals surface area contributed by atoms with Crippen LogP contribution in [0.1, 0.15) is 52.6 Å². The summed E-state index contributed by atoms with van der Waals surface area (Å²) in [4.78, 5) is 36.2. The number of carbonyl (C=O) groups excluding carboxylic acids is 2. The topological polar surface area (TPSA) is 118 Å². The van der Waals surface area contributed by atoms with Gasteiger partial charge in [-0.15, -0.1) is 0 Å². The summed E-state index contributed by atoms with van der Waals surface area (Å²) in [5, 5.41) is 14.6. The Kier molecular flexibility index (Phi) is 6.27. The van der Waals surface area contributed by atoms with Gasteiger partial charge in [0.2, 0.25) is 0 Å². The molecule has 180 valence electrons. The number of alkyl carbamates (subject to hydrolysis) is 1. The summed E-state index contributed by atoms with van der Waals surface area (Å²) >= 11 is 0. The molecule has 0 saturated heterocycles. The van der Waals surface area contributed by atoms with Crippen LogP contribution in [0, 0.1) is 5.92 Å². The third-order valence-electron chi connectivity index (χ3n) is 6.81. The first-order chi connectivity index (χ1) is 17.0. The number of nitrogens with one attached hydrogen (secondary N) is 2. The standard InChI is InChI=1S/C27H26N2O6/c30-25(29-24(26(31)32)16-6-5-7-16)23-13-12-17(35-23)14-28-27(33)34-15-22-20-10-3-1-8-18(20)19-9-2-4-11-21(19)22/h1-4,8-13,16,22,24H,5-7,14-15H2,(H,28,33)(H,29,30)(H,31,32). The second-order valence-electron chi connectivity index (χ2n) is 8.93. The predicted molar refractivity (Wildman–Crippen MR) is 127 cm³/mol. The summed E-state index contributed by atoms with van der Waals surface area (Å²) < 4.78 is 11.0. The number of carbonyl (C=O) groups is 3. The van der Waals surface area contributed by atoms with Gasteiger partial charge in [-0.05, 0) is 53.1 Å². The van der Waals surface area contributed by atoms with Crippen LogP contribution in [0.2, 0.25) is 0 Å². The third kappa shape index (κ3) is 4.64. The molecule has 1 aromatic heterocycles. The maximum atomic E-state index is 12.4. The fourth-order valence-electron chi connectivity index (χ4n) is 4.77. The number of hydrogen-bond acceptors (Lipinski definition) is 5. The van der Waals surface area contributed by atoms with E-state index in [4.69, 9.17) is 9.15 Å². The number of carboxylic acid groups (broad SMARTS) is 1. The van der Waals surface area contributed by atoms with Crippen molar-refractivity contribution >= 4 is 18.0 Å². The smallest absolute Gasteiger partial charge is 0.407 e. The number of furan rings is 1. The van der Waals surface area contributed by atoms with Gasteiger partial charge < -0.3 is 24.9 Å². The molecular formula is C27H26N2O6. The van der Waals surface area contributed by atoms with Crippen molar-refractivity contribution in [3.8, 4) is 11.1 Å². The fraction of sp³-hybridized carbons (Fsp3) is 0.296. The first-order valence-corrected chi connectivity index (χ1v) is 11.7. The minimum atomic E-state index is -1.05. The van der Waals surface area contributed by atoms with E-state index in [1.807, 2.05) is 24.3 Å². The van der Waals surface area contributed by atoms with E-state index in [-0.39, 0.29) is 30.7 Å². The molecular weight excluding hydrogens is 448 g/mol. The van der Waals surface area contributed by atoms with Gasteiger partial charge in [-0.2, -0.15) is 0 Å². The van der Waals surface area contributed by atoms with Gasteiger partial charge >= 0.3 is 12.1 Å². The molecule has 8 heteroatoms. The molecule has 35 heavy (non-hydrogen) atoms. The minimum absolute atomic E-state index is 0.0000829. The molecule has 0 radical (unpaired) electrons. The Morgan fingerprint density at radius 2 is 1.63 bits per heavy atom. The molecule has 5 rings (SSSR count). The first-order valence-electron chi connectivity index (χ1n) is 11.7. The van der Waals surface area contributed by atoms with Crippen molar-refractivity contribution in [1.82, 2.24) is 10.6 Å². The number of ether oxygens (including phenoxy) is 1. The first kappa shape index (κ1) is 22.7. The molecule has 1 unspecified atom stereocenters. The largest absolute Gasteiger partial charge is 0.480 e. The summed E-state index contributed by atoms with van der Waals surface area (Å²) in [6.07, 6.45) is 1.94. The van der Waals surface area contributed by atoms with E-state index in [1.165, 1.54) is 6.07 Å². The summed E-state index contributed by atoms with van der Waals surface area (Å²) in [6.45, 7) is 0.234. The molecule has 0 spiro atoms. The van der Waals surface area contributed by atoms with Crippen molar-refractivity contribution in [1.29, 1.82) is 0 Å². The lowest BCUT2D eigenvalue weighted by Crippen LogP contribution is -2.48. The summed E-state index contributed by atoms with van der Waals surface area (Å²) in [5.74, 6) is -1.37. The SMILES string of the molecule is O=C(NCc1ccc(C(=O)NC(C(=O)O)C2CCC2)o1)OCC1c2ccccc2-c2ccccc21. The lowest BCUT2D eigenvalue weighted by molar-refractivity contribution is -0.141. The Hall–Kier alpha value is -4.07. The monoisotopic (exact) mass is 474 g/mol. The molecule has 8 nitrogen and oxygen atoms in total. The van der Waals surface area contributed by atoms with E-state index in [9.17, 15) is 19.5 Å². The van der Waals surface area contributed by atoms with Crippen LogP contribution in [0.4, 0.5) is 4.79 Å². The van der Waals surface area contributed by atoms with Gasteiger partial charge in [0, 0.05) is 5.92 Å². The average Bonchev–Trinajstić information content (AvgIpc) is 3.43. The molecule has 1 heterocycles. The Balaban J connectivity index is 1.14. The number of amides is 2. The predicted octanol–water partition coefficient (Wildman–Crippen LogP) is 4.30. The highest BCUT2D eigenvalue weighted by Gasteiger charge is 2.34. The molecule has 2 amide bonds. The van der Waals surface area contributed by atoms with Crippen molar-refractivity contribution in [3.05, 3.63) is 83.3 Å². The Labute approximate surface area is 202 Å². The van der Waals surface area contributed by atoms with Crippen LogP contribution < -0.4 is 10.6 Å². The summed E-state index contributed by atoms with van der Waals surface area (Å²) in [7, 11) is 0. The number of rotatable bonds is 8. The molecule has 0 bridgehead atoms. The number of fused-ring (bicyclic) bond motifs is 3. The van der Waals surface area contributed by atoms with Crippen molar-refractivity contribution in [2.24, 2.45) is 5.92 Å². The van der Waals surface area contributed by atoms with Crippen LogP contribution in [0.15, 0.2) is 65.1 Å². The summed E-state index contributed by atoms with van der Waals surface area (Å²) in [6, 6.07) is 18.3. The summed E-state index contributed by atoms with van der Waals surface area (Å²) in [5.41, 5.74) is 4.57. The van der Waals surface area contributed by atoms with E-state index in [1.54, 1.807) is 6.07 Å². The zero-order valence-corrected chi connectivity index (χ0v) is 19.0. The van der Waals surface area contributed by atoms with E-state index in [0.29, 0.717) is 5.76 Å². The molecule has 2 aliphatic rings. The Morgan fingerprint density at radius 3 is 2.23 bits per heavy atom. The van der Waals surface area contributed by atoms with E-state index in [2.05, 4.69) is 34.9 Å².